The van der Waals surface area contributed by atoms with Crippen LogP contribution in [-0.2, 0) is 14.4 Å². The van der Waals surface area contributed by atoms with Crippen molar-refractivity contribution in [1.82, 2.24) is 9.96 Å². The van der Waals surface area contributed by atoms with E-state index in [0.717, 1.165) is 51.9 Å². The highest BCUT2D eigenvalue weighted by molar-refractivity contribution is 5.81. The lowest BCUT2D eigenvalue weighted by molar-refractivity contribution is -0.192. The molecule has 0 fully saturated rings. The number of hydrogen-bond donors (Lipinski definition) is 0. The molecule has 5 nitrogen and oxygen atoms in total. The highest BCUT2D eigenvalue weighted by atomic mass is 16.7. The predicted molar refractivity (Wildman–Crippen MR) is 362 cm³/mol. The second-order valence-electron chi connectivity index (χ2n) is 26.5. The van der Waals surface area contributed by atoms with Crippen LogP contribution in [-0.4, -0.2) is 48.0 Å². The molecule has 81 heavy (non-hydrogen) atoms. The third kappa shape index (κ3) is 66.3. The summed E-state index contributed by atoms with van der Waals surface area (Å²) in [6.07, 6.45) is 87.7. The molecule has 0 atom stereocenters. The number of amides is 1. The van der Waals surface area contributed by atoms with Gasteiger partial charge in [-0.1, -0.05) is 413 Å². The van der Waals surface area contributed by atoms with E-state index in [1.165, 1.54) is 385 Å². The maximum Gasteiger partial charge on any atom is 0.325 e. The summed E-state index contributed by atoms with van der Waals surface area (Å²) in [5.41, 5.74) is 0. The summed E-state index contributed by atoms with van der Waals surface area (Å²) in [7, 11) is 0. The van der Waals surface area contributed by atoms with Gasteiger partial charge in [-0.15, -0.1) is 5.06 Å². The average Bonchev–Trinajstić information content (AvgIpc) is 3.47. The van der Waals surface area contributed by atoms with Crippen molar-refractivity contribution in [3.05, 3.63) is 0 Å². The van der Waals surface area contributed by atoms with Gasteiger partial charge in [0, 0.05) is 32.6 Å². The normalized spacial score (nSPS) is 11.7. The van der Waals surface area contributed by atoms with E-state index in [-0.39, 0.29) is 24.7 Å². The Labute approximate surface area is 511 Å². The fraction of sp³-hybridized carbons (Fsp3) is 0.974. The Morgan fingerprint density at radius 1 is 0.210 bits per heavy atom. The van der Waals surface area contributed by atoms with E-state index in [0.29, 0.717) is 0 Å². The predicted octanol–water partition coefficient (Wildman–Crippen LogP) is 26.4. The molecule has 0 rings (SSSR count). The molecule has 484 valence electrons. The number of carbonyl (C=O) groups excluding carboxylic acids is 2. The molecule has 5 heteroatoms. The van der Waals surface area contributed by atoms with Crippen LogP contribution in [0.2, 0.25) is 0 Å². The van der Waals surface area contributed by atoms with E-state index < -0.39 is 0 Å². The fourth-order valence-corrected chi connectivity index (χ4v) is 12.5. The highest BCUT2D eigenvalue weighted by Crippen LogP contribution is 2.20. The number of unbranched alkanes of at least 4 members (excludes halogenated alkanes) is 60. The molecular weight excluding hydrogens is 989 g/mol. The molecule has 0 unspecified atom stereocenters. The van der Waals surface area contributed by atoms with Crippen LogP contribution in [0.5, 0.6) is 0 Å². The molecule has 0 aromatic heterocycles. The summed E-state index contributed by atoms with van der Waals surface area (Å²) < 4.78 is 0. The lowest BCUT2D eigenvalue weighted by Crippen LogP contribution is -2.34. The highest BCUT2D eigenvalue weighted by Gasteiger charge is 2.18. The van der Waals surface area contributed by atoms with Crippen molar-refractivity contribution in [3.63, 3.8) is 0 Å². The van der Waals surface area contributed by atoms with E-state index in [9.17, 15) is 9.59 Å². The molecular formula is C76H152N2O3. The van der Waals surface area contributed by atoms with Crippen molar-refractivity contribution in [1.29, 1.82) is 0 Å². The second kappa shape index (κ2) is 71.4. The molecule has 0 aliphatic carbocycles. The smallest absolute Gasteiger partial charge is 0.325 e. The van der Waals surface area contributed by atoms with Crippen molar-refractivity contribution in [3.8, 4) is 0 Å². The molecule has 1 amide bonds. The van der Waals surface area contributed by atoms with Crippen LogP contribution in [0, 0.1) is 0 Å². The summed E-state index contributed by atoms with van der Waals surface area (Å²) in [5, 5.41) is 1.99. The van der Waals surface area contributed by atoms with Crippen LogP contribution in [0.15, 0.2) is 0 Å². The van der Waals surface area contributed by atoms with E-state index >= 15 is 0 Å². The van der Waals surface area contributed by atoms with Crippen LogP contribution in [0.25, 0.3) is 0 Å². The van der Waals surface area contributed by atoms with Crippen molar-refractivity contribution >= 4 is 11.9 Å². The first kappa shape index (κ1) is 79.9. The van der Waals surface area contributed by atoms with Gasteiger partial charge in [-0.2, -0.15) is 0 Å². The van der Waals surface area contributed by atoms with Crippen molar-refractivity contribution in [2.24, 2.45) is 0 Å². The zero-order valence-corrected chi connectivity index (χ0v) is 56.6. The molecule has 0 aromatic rings. The van der Waals surface area contributed by atoms with Gasteiger partial charge in [0.15, 0.2) is 0 Å². The first-order valence-corrected chi connectivity index (χ1v) is 38.3. The molecule has 0 saturated carbocycles. The van der Waals surface area contributed by atoms with Gasteiger partial charge in [0.1, 0.15) is 0 Å². The molecule has 0 N–H and O–H groups in total. The molecule has 0 saturated heterocycles. The molecule has 0 spiro atoms. The minimum Gasteiger partial charge on any atom is -0.368 e. The number of carbonyl (C=O) groups is 2. The van der Waals surface area contributed by atoms with Gasteiger partial charge in [0.25, 0.3) is 0 Å². The molecule has 0 bridgehead atoms. The van der Waals surface area contributed by atoms with E-state index in [4.69, 9.17) is 4.84 Å². The Morgan fingerprint density at radius 3 is 0.556 bits per heavy atom. The third-order valence-electron chi connectivity index (χ3n) is 18.2. The summed E-state index contributed by atoms with van der Waals surface area (Å²) in [5.74, 6) is -0.0443. The minimum absolute atomic E-state index is 0.163. The van der Waals surface area contributed by atoms with E-state index in [1.54, 1.807) is 0 Å². The van der Waals surface area contributed by atoms with Gasteiger partial charge < -0.3 is 9.74 Å². The standard InChI is InChI=1S/C76H152N2O3/c1-5-9-13-17-21-25-29-33-37-41-45-49-53-57-61-65-71-77(72-66-62-58-54-50-46-42-38-34-30-26-22-18-14-10-6-2)75(79)69-70-76(80)81-78(73-67-63-59-55-51-47-43-39-35-31-27-23-19-15-11-7-3)74-68-64-60-56-52-48-44-40-36-32-28-24-20-16-12-8-4/h5-74H2,1-4H3. The lowest BCUT2D eigenvalue weighted by atomic mass is 10.0. The zero-order valence-electron chi connectivity index (χ0n) is 56.6. The summed E-state index contributed by atoms with van der Waals surface area (Å²) >= 11 is 0. The molecule has 0 aliphatic rings. The molecule has 0 aromatic carbocycles. The van der Waals surface area contributed by atoms with Crippen LogP contribution in [0.3, 0.4) is 0 Å². The Kier molecular flexibility index (Phi) is 70.4. The van der Waals surface area contributed by atoms with Crippen molar-refractivity contribution in [2.45, 2.75) is 451 Å². The largest absolute Gasteiger partial charge is 0.368 e. The van der Waals surface area contributed by atoms with Crippen LogP contribution < -0.4 is 0 Å². The van der Waals surface area contributed by atoms with Crippen LogP contribution >= 0.6 is 0 Å². The zero-order chi connectivity index (χ0) is 58.5. The first-order valence-electron chi connectivity index (χ1n) is 38.3. The van der Waals surface area contributed by atoms with E-state index in [2.05, 4.69) is 32.6 Å². The van der Waals surface area contributed by atoms with Crippen LogP contribution in [0.4, 0.5) is 0 Å². The molecule has 0 radical (unpaired) electrons. The quantitative estimate of drug-likeness (QED) is 0.0450. The third-order valence-corrected chi connectivity index (χ3v) is 18.2. The lowest BCUT2D eigenvalue weighted by Gasteiger charge is -2.24. The summed E-state index contributed by atoms with van der Waals surface area (Å²) in [6, 6.07) is 0. The monoisotopic (exact) mass is 1140 g/mol. The van der Waals surface area contributed by atoms with Gasteiger partial charge >= 0.3 is 5.97 Å². The number of hydroxylamine groups is 2. The topological polar surface area (TPSA) is 49.9 Å². The van der Waals surface area contributed by atoms with Gasteiger partial charge in [-0.3, -0.25) is 9.59 Å². The van der Waals surface area contributed by atoms with Crippen molar-refractivity contribution in [2.75, 3.05) is 26.2 Å². The first-order chi connectivity index (χ1) is 40.1. The van der Waals surface area contributed by atoms with Gasteiger partial charge in [0.2, 0.25) is 5.91 Å². The maximum absolute atomic E-state index is 13.9. The Balaban J connectivity index is 4.93. The number of nitrogens with zero attached hydrogens (tertiary/aromatic N) is 2. The fourth-order valence-electron chi connectivity index (χ4n) is 12.5. The Bertz CT molecular complexity index is 1100. The van der Waals surface area contributed by atoms with Gasteiger partial charge in [-0.25, -0.2) is 0 Å². The number of rotatable bonds is 72. The van der Waals surface area contributed by atoms with Crippen LogP contribution in [0.1, 0.15) is 451 Å². The second-order valence-corrected chi connectivity index (χ2v) is 26.5. The van der Waals surface area contributed by atoms with Crippen molar-refractivity contribution < 1.29 is 14.4 Å². The minimum atomic E-state index is -0.207. The molecule has 0 heterocycles. The maximum atomic E-state index is 13.9. The Morgan fingerprint density at radius 2 is 0.370 bits per heavy atom. The molecule has 0 aliphatic heterocycles. The summed E-state index contributed by atoms with van der Waals surface area (Å²) in [4.78, 5) is 35.7. The van der Waals surface area contributed by atoms with Gasteiger partial charge in [0.05, 0.1) is 6.42 Å². The number of hydrogen-bond acceptors (Lipinski definition) is 4. The Hall–Kier alpha value is -1.10. The SMILES string of the molecule is CCCCCCCCCCCCCCCCCCN(CCCCCCCCCCCCCCCCCC)OC(=O)CCC(=O)N(CCCCCCCCCCCCCCCCCC)CCCCCCCCCCCCCCCCCC. The van der Waals surface area contributed by atoms with E-state index in [1.807, 2.05) is 5.06 Å². The van der Waals surface area contributed by atoms with Gasteiger partial charge in [-0.05, 0) is 25.7 Å². The average molecular weight is 1140 g/mol. The summed E-state index contributed by atoms with van der Waals surface area (Å²) in [6.45, 7) is 12.5.